The summed E-state index contributed by atoms with van der Waals surface area (Å²) in [6, 6.07) is 75.1. The maximum atomic E-state index is 8.53. The van der Waals surface area contributed by atoms with Gasteiger partial charge < -0.3 is 14.0 Å². The number of fused-ring (bicyclic) bond motifs is 6. The van der Waals surface area contributed by atoms with E-state index in [1.54, 1.807) is 0 Å². The van der Waals surface area contributed by atoms with Crippen LogP contribution in [-0.4, -0.2) is 22.6 Å². The van der Waals surface area contributed by atoms with Gasteiger partial charge in [-0.2, -0.15) is 0 Å². The van der Waals surface area contributed by atoms with Crippen LogP contribution in [0.25, 0.3) is 105 Å². The maximum absolute atomic E-state index is 8.53. The molecule has 0 saturated carbocycles. The van der Waals surface area contributed by atoms with E-state index < -0.39 is 19.9 Å². The zero-order valence-electron chi connectivity index (χ0n) is 46.7. The first-order valence-electron chi connectivity index (χ1n) is 27.1. The van der Waals surface area contributed by atoms with Gasteiger partial charge in [-0.1, -0.05) is 235 Å². The number of rotatable bonds is 10. The normalized spacial score (nSPS) is 12.4. The smallest absolute Gasteiger partial charge is 0.121 e. The molecule has 3 heterocycles. The summed E-state index contributed by atoms with van der Waals surface area (Å²) in [5, 5.41) is 5.66. The van der Waals surface area contributed by atoms with Crippen LogP contribution >= 0.6 is 0 Å². The molecule has 12 rings (SSSR count). The summed E-state index contributed by atoms with van der Waals surface area (Å²) in [4.78, 5) is 10.2. The third kappa shape index (κ3) is 10.1. The van der Waals surface area contributed by atoms with Gasteiger partial charge in [-0.15, -0.1) is 47.5 Å². The van der Waals surface area contributed by atoms with Crippen molar-refractivity contribution in [1.29, 1.82) is 0 Å². The molecule has 379 valence electrons. The molecule has 0 atom stereocenters. The first-order chi connectivity index (χ1) is 36.9. The van der Waals surface area contributed by atoms with Gasteiger partial charge in [0.2, 0.25) is 0 Å². The quantitative estimate of drug-likeness (QED) is 0.101. The number of furan rings is 1. The predicted molar refractivity (Wildman–Crippen MR) is 320 cm³/mol. The standard InChI is InChI=1S/C50H35N2O.C20H28NSi.Ir/c1-32(2)37-22-25-41-46(31-37)53-49-42(27-26-39(47(41)49)34-16-8-4-9-17-34)50-51-48-40-21-13-12-20-36(40)23-29-45(48)52(50)44-28-24-38(33-14-6-3-7-15-33)30-43(44)35-18-10-5-11-19-35;1-14(2)16-8-10-17(11-9-16)19-12-18(15(3)4)20(13-21-19)22(5,6)7;/h3-26,28-32H,1-2H3;8-10,12-15H,1-7H3;/q2*-1;/i;14D,15D;. The number of pyridine rings is 1. The molecule has 0 aliphatic rings. The fourth-order valence-corrected chi connectivity index (χ4v) is 11.9. The zero-order chi connectivity index (χ0) is 53.8. The van der Waals surface area contributed by atoms with Crippen LogP contribution in [0.5, 0.6) is 0 Å². The molecule has 6 heteroatoms. The summed E-state index contributed by atoms with van der Waals surface area (Å²) in [7, 11) is -1.56. The molecule has 0 saturated heterocycles. The van der Waals surface area contributed by atoms with Gasteiger partial charge in [0.15, 0.2) is 0 Å². The van der Waals surface area contributed by atoms with Crippen LogP contribution in [0.2, 0.25) is 19.6 Å². The summed E-state index contributed by atoms with van der Waals surface area (Å²) < 4.78 is 25.9. The SMILES string of the molecule is CC(C)c1ccc2c(c1)oc1c(-c3nc4c5ccccc5ccc4n3-c3ccc(-c4ccccc4)cc3-c3ccccc3)[c-]cc(-c3ccccc3)c12.[2H]C(C)(C)c1c[c-]c(-c2cc(C([2H])(C)C)c([Si](C)(C)C)cn2)cc1.[Ir]. The number of aromatic nitrogens is 3. The topological polar surface area (TPSA) is 43.9 Å². The van der Waals surface area contributed by atoms with Gasteiger partial charge in [0, 0.05) is 51.1 Å². The van der Waals surface area contributed by atoms with Gasteiger partial charge in [0.1, 0.15) is 5.58 Å². The van der Waals surface area contributed by atoms with Crippen molar-refractivity contribution in [3.8, 4) is 61.7 Å². The third-order valence-corrected chi connectivity index (χ3v) is 16.5. The molecule has 1 radical (unpaired) electrons. The molecule has 0 spiro atoms. The van der Waals surface area contributed by atoms with Gasteiger partial charge in [-0.25, -0.2) is 0 Å². The molecular weight excluding hydrogens is 1120 g/mol. The Balaban J connectivity index is 0.000000233. The molecule has 0 aliphatic carbocycles. The van der Waals surface area contributed by atoms with E-state index in [9.17, 15) is 0 Å². The number of hydrogen-bond acceptors (Lipinski definition) is 3. The van der Waals surface area contributed by atoms with Crippen LogP contribution in [-0.2, 0) is 20.1 Å². The largest absolute Gasteiger partial charge is 0.501 e. The molecular formula is C70H63IrN3OSi-2. The van der Waals surface area contributed by atoms with Crippen molar-refractivity contribution < 1.29 is 27.3 Å². The summed E-state index contributed by atoms with van der Waals surface area (Å²) >= 11 is 0. The Labute approximate surface area is 465 Å². The molecule has 0 bridgehead atoms. The van der Waals surface area contributed by atoms with E-state index in [4.69, 9.17) is 12.1 Å². The average Bonchev–Trinajstić information content (AvgIpc) is 4.19. The maximum Gasteiger partial charge on any atom is 0.121 e. The summed E-state index contributed by atoms with van der Waals surface area (Å²) in [6.07, 6.45) is 1.96. The third-order valence-electron chi connectivity index (χ3n) is 14.4. The van der Waals surface area contributed by atoms with Crippen molar-refractivity contribution >= 4 is 57.0 Å². The average molecular weight is 1180 g/mol. The Morgan fingerprint density at radius 2 is 1.24 bits per heavy atom. The first kappa shape index (κ1) is 49.4. The second-order valence-electron chi connectivity index (χ2n) is 21.4. The van der Waals surface area contributed by atoms with Crippen molar-refractivity contribution in [2.75, 3.05) is 0 Å². The van der Waals surface area contributed by atoms with Crippen LogP contribution in [0, 0.1) is 12.1 Å². The monoisotopic (exact) mass is 1180 g/mol. The van der Waals surface area contributed by atoms with E-state index in [-0.39, 0.29) is 20.1 Å². The Morgan fingerprint density at radius 3 is 1.88 bits per heavy atom. The summed E-state index contributed by atoms with van der Waals surface area (Å²) in [6.45, 7) is 18.9. The molecule has 0 aliphatic heterocycles. The van der Waals surface area contributed by atoms with Crippen molar-refractivity contribution in [2.45, 2.75) is 78.9 Å². The van der Waals surface area contributed by atoms with Crippen LogP contribution < -0.4 is 5.19 Å². The second kappa shape index (κ2) is 21.6. The molecule has 9 aromatic carbocycles. The molecule has 3 aromatic heterocycles. The number of imidazole rings is 1. The predicted octanol–water partition coefficient (Wildman–Crippen LogP) is 19.0. The van der Waals surface area contributed by atoms with Crippen molar-refractivity contribution in [1.82, 2.24) is 14.5 Å². The first-order valence-corrected chi connectivity index (χ1v) is 29.6. The Hall–Kier alpha value is -7.47. The van der Waals surface area contributed by atoms with Crippen LogP contribution in [0.4, 0.5) is 0 Å². The van der Waals surface area contributed by atoms with Gasteiger partial charge >= 0.3 is 0 Å². The van der Waals surface area contributed by atoms with Gasteiger partial charge in [-0.3, -0.25) is 4.98 Å². The Morgan fingerprint density at radius 1 is 0.579 bits per heavy atom. The van der Waals surface area contributed by atoms with E-state index in [2.05, 4.69) is 231 Å². The van der Waals surface area contributed by atoms with Crippen LogP contribution in [0.1, 0.15) is 78.7 Å². The van der Waals surface area contributed by atoms with E-state index in [0.29, 0.717) is 5.92 Å². The van der Waals surface area contributed by atoms with Gasteiger partial charge in [0.25, 0.3) is 0 Å². The Bertz CT molecular complexity index is 4110. The summed E-state index contributed by atoms with van der Waals surface area (Å²) in [5.74, 6) is -0.122. The van der Waals surface area contributed by atoms with Crippen LogP contribution in [0.3, 0.4) is 0 Å². The van der Waals surface area contributed by atoms with E-state index in [1.165, 1.54) is 16.3 Å². The van der Waals surface area contributed by atoms with E-state index in [0.717, 1.165) is 111 Å². The number of nitrogens with zero attached hydrogens (tertiary/aromatic N) is 3. The van der Waals surface area contributed by atoms with Crippen molar-refractivity contribution in [3.05, 3.63) is 229 Å². The Kier molecular flexibility index (Phi) is 14.1. The van der Waals surface area contributed by atoms with E-state index in [1.807, 2.05) is 52.1 Å². The van der Waals surface area contributed by atoms with Crippen LogP contribution in [0.15, 0.2) is 205 Å². The molecule has 4 nitrogen and oxygen atoms in total. The molecule has 0 fully saturated rings. The molecule has 0 N–H and O–H groups in total. The molecule has 0 unspecified atom stereocenters. The van der Waals surface area contributed by atoms with E-state index >= 15 is 0 Å². The minimum Gasteiger partial charge on any atom is -0.501 e. The fourth-order valence-electron chi connectivity index (χ4n) is 10.3. The second-order valence-corrected chi connectivity index (χ2v) is 26.4. The minimum absolute atomic E-state index is 0. The minimum atomic E-state index is -1.56. The van der Waals surface area contributed by atoms with Gasteiger partial charge in [0.05, 0.1) is 30.5 Å². The van der Waals surface area contributed by atoms with Crippen molar-refractivity contribution in [2.24, 2.45) is 0 Å². The van der Waals surface area contributed by atoms with Crippen molar-refractivity contribution in [3.63, 3.8) is 0 Å². The fraction of sp³-hybridized carbons (Fsp3) is 0.171. The number of hydrogen-bond donors (Lipinski definition) is 0. The zero-order valence-corrected chi connectivity index (χ0v) is 48.1. The molecule has 12 aromatic rings. The summed E-state index contributed by atoms with van der Waals surface area (Å²) in [5.41, 5.74) is 17.3. The van der Waals surface area contributed by atoms with Gasteiger partial charge in [-0.05, 0) is 80.0 Å². The molecule has 0 amide bonds. The molecule has 76 heavy (non-hydrogen) atoms. The number of benzene rings is 9.